The van der Waals surface area contributed by atoms with E-state index in [2.05, 4.69) is 5.32 Å². The summed E-state index contributed by atoms with van der Waals surface area (Å²) in [5.74, 6) is -0.520. The van der Waals surface area contributed by atoms with Gasteiger partial charge in [-0.05, 0) is 32.9 Å². The molecule has 1 unspecified atom stereocenters. The number of hydrogen-bond donors (Lipinski definition) is 1. The van der Waals surface area contributed by atoms with Gasteiger partial charge in [0, 0.05) is 11.3 Å². The fourth-order valence-corrected chi connectivity index (χ4v) is 2.43. The molecule has 21 heavy (non-hydrogen) atoms. The van der Waals surface area contributed by atoms with Crippen LogP contribution in [0.1, 0.15) is 25.6 Å². The molecule has 0 aliphatic rings. The summed E-state index contributed by atoms with van der Waals surface area (Å²) in [6.45, 7) is 5.26. The molecule has 1 rings (SSSR count). The van der Waals surface area contributed by atoms with E-state index < -0.39 is 23.7 Å². The lowest BCUT2D eigenvalue weighted by Crippen LogP contribution is -2.45. The molecule has 0 bridgehead atoms. The molecule has 118 valence electrons. The van der Waals surface area contributed by atoms with Crippen molar-refractivity contribution in [2.24, 2.45) is 0 Å². The lowest BCUT2D eigenvalue weighted by molar-refractivity contribution is -0.143. The Balaban J connectivity index is 2.72. The molecule has 0 aliphatic carbocycles. The predicted octanol–water partition coefficient (Wildman–Crippen LogP) is 2.37. The summed E-state index contributed by atoms with van der Waals surface area (Å²) in [6.07, 6.45) is -0.332. The van der Waals surface area contributed by atoms with Crippen molar-refractivity contribution in [1.29, 1.82) is 0 Å². The number of nitrogens with one attached hydrogen (secondary N) is 1. The quantitative estimate of drug-likeness (QED) is 0.844. The van der Waals surface area contributed by atoms with E-state index in [1.807, 2.05) is 12.1 Å². The molecule has 0 aromatic carbocycles. The van der Waals surface area contributed by atoms with Crippen molar-refractivity contribution in [3.63, 3.8) is 0 Å². The number of rotatable bonds is 5. The van der Waals surface area contributed by atoms with E-state index in [-0.39, 0.29) is 0 Å². The standard InChI is InChI=1S/C14H21NO5S/c1-14(2,3)20-13(17)15-10(12(16)19-5)8-9-6-7-11(18-4)21-9/h6-7,10H,8H2,1-5H3,(H,15,17). The van der Waals surface area contributed by atoms with Crippen LogP contribution in [0.25, 0.3) is 0 Å². The van der Waals surface area contributed by atoms with Crippen LogP contribution in [-0.4, -0.2) is 37.9 Å². The highest BCUT2D eigenvalue weighted by Crippen LogP contribution is 2.25. The first kappa shape index (κ1) is 17.3. The minimum Gasteiger partial charge on any atom is -0.487 e. The van der Waals surface area contributed by atoms with E-state index in [1.54, 1.807) is 27.9 Å². The van der Waals surface area contributed by atoms with Crippen LogP contribution in [0.5, 0.6) is 5.06 Å². The first-order valence-corrected chi connectivity index (χ1v) is 7.27. The summed E-state index contributed by atoms with van der Waals surface area (Å²) in [6, 6.07) is 2.85. The lowest BCUT2D eigenvalue weighted by atomic mass is 10.2. The number of carbonyl (C=O) groups excluding carboxylic acids is 2. The van der Waals surface area contributed by atoms with Crippen LogP contribution in [0.4, 0.5) is 4.79 Å². The summed E-state index contributed by atoms with van der Waals surface area (Å²) in [4.78, 5) is 24.5. The Hall–Kier alpha value is -1.76. The first-order chi connectivity index (χ1) is 9.75. The maximum absolute atomic E-state index is 11.8. The maximum Gasteiger partial charge on any atom is 0.408 e. The maximum atomic E-state index is 11.8. The van der Waals surface area contributed by atoms with E-state index in [1.165, 1.54) is 18.4 Å². The van der Waals surface area contributed by atoms with Crippen molar-refractivity contribution in [3.8, 4) is 5.06 Å². The summed E-state index contributed by atoms with van der Waals surface area (Å²) in [7, 11) is 2.85. The normalized spacial score (nSPS) is 12.4. The molecule has 1 amide bonds. The third kappa shape index (κ3) is 6.03. The molecule has 7 heteroatoms. The van der Waals surface area contributed by atoms with Gasteiger partial charge in [-0.3, -0.25) is 0 Å². The van der Waals surface area contributed by atoms with Crippen LogP contribution in [0, 0.1) is 0 Å². The van der Waals surface area contributed by atoms with Gasteiger partial charge >= 0.3 is 12.1 Å². The van der Waals surface area contributed by atoms with Crippen LogP contribution in [-0.2, 0) is 20.7 Å². The van der Waals surface area contributed by atoms with Crippen LogP contribution >= 0.6 is 11.3 Å². The van der Waals surface area contributed by atoms with Gasteiger partial charge < -0.3 is 19.5 Å². The Morgan fingerprint density at radius 1 is 1.29 bits per heavy atom. The van der Waals surface area contributed by atoms with Crippen molar-refractivity contribution in [2.75, 3.05) is 14.2 Å². The van der Waals surface area contributed by atoms with E-state index in [9.17, 15) is 9.59 Å². The summed E-state index contributed by atoms with van der Waals surface area (Å²) in [5, 5.41) is 3.27. The van der Waals surface area contributed by atoms with Crippen molar-refractivity contribution in [2.45, 2.75) is 38.8 Å². The van der Waals surface area contributed by atoms with Gasteiger partial charge in [0.05, 0.1) is 14.2 Å². The van der Waals surface area contributed by atoms with Crippen LogP contribution in [0.3, 0.4) is 0 Å². The number of carbonyl (C=O) groups is 2. The van der Waals surface area contributed by atoms with Crippen molar-refractivity contribution < 1.29 is 23.8 Å². The van der Waals surface area contributed by atoms with Gasteiger partial charge in [-0.25, -0.2) is 9.59 Å². The molecule has 0 radical (unpaired) electrons. The van der Waals surface area contributed by atoms with Crippen LogP contribution in [0.15, 0.2) is 12.1 Å². The second-order valence-corrected chi connectivity index (χ2v) is 6.48. The second kappa shape index (κ2) is 7.31. The third-order valence-corrected chi connectivity index (χ3v) is 3.49. The number of esters is 1. The van der Waals surface area contributed by atoms with Crippen LogP contribution in [0.2, 0.25) is 0 Å². The van der Waals surface area contributed by atoms with Gasteiger partial charge in [0.2, 0.25) is 0 Å². The summed E-state index contributed by atoms with van der Waals surface area (Å²) < 4.78 is 15.0. The molecular weight excluding hydrogens is 294 g/mol. The number of methoxy groups -OCH3 is 2. The average molecular weight is 315 g/mol. The first-order valence-electron chi connectivity index (χ1n) is 6.45. The number of alkyl carbamates (subject to hydrolysis) is 1. The highest BCUT2D eigenvalue weighted by atomic mass is 32.1. The predicted molar refractivity (Wildman–Crippen MR) is 79.7 cm³/mol. The number of amides is 1. The van der Waals surface area contributed by atoms with Gasteiger partial charge in [-0.15, -0.1) is 11.3 Å². The van der Waals surface area contributed by atoms with E-state index >= 15 is 0 Å². The van der Waals surface area contributed by atoms with Gasteiger partial charge in [0.1, 0.15) is 11.6 Å². The third-order valence-electron chi connectivity index (χ3n) is 2.42. The van der Waals surface area contributed by atoms with E-state index in [0.29, 0.717) is 6.42 Å². The zero-order chi connectivity index (χ0) is 16.0. The SMILES string of the molecule is COC(=O)C(Cc1ccc(OC)s1)NC(=O)OC(C)(C)C. The Labute approximate surface area is 128 Å². The molecular formula is C14H21NO5S. The molecule has 6 nitrogen and oxygen atoms in total. The van der Waals surface area contributed by atoms with E-state index in [0.717, 1.165) is 9.94 Å². The monoisotopic (exact) mass is 315 g/mol. The molecule has 1 atom stereocenters. The summed E-state index contributed by atoms with van der Waals surface area (Å²) in [5.41, 5.74) is -0.628. The summed E-state index contributed by atoms with van der Waals surface area (Å²) >= 11 is 1.41. The highest BCUT2D eigenvalue weighted by Gasteiger charge is 2.25. The molecule has 0 fully saturated rings. The van der Waals surface area contributed by atoms with Gasteiger partial charge in [0.15, 0.2) is 5.06 Å². The largest absolute Gasteiger partial charge is 0.487 e. The Morgan fingerprint density at radius 3 is 2.43 bits per heavy atom. The molecule has 1 aromatic heterocycles. The fourth-order valence-electron chi connectivity index (χ4n) is 1.56. The molecule has 0 aliphatic heterocycles. The van der Waals surface area contributed by atoms with Crippen molar-refractivity contribution in [3.05, 3.63) is 17.0 Å². The Kier molecular flexibility index (Phi) is 6.02. The zero-order valence-corrected chi connectivity index (χ0v) is 13.7. The lowest BCUT2D eigenvalue weighted by Gasteiger charge is -2.22. The van der Waals surface area contributed by atoms with E-state index in [4.69, 9.17) is 14.2 Å². The number of hydrogen-bond acceptors (Lipinski definition) is 6. The Bertz CT molecular complexity index is 492. The van der Waals surface area contributed by atoms with Crippen LogP contribution < -0.4 is 10.1 Å². The smallest absolute Gasteiger partial charge is 0.408 e. The number of ether oxygens (including phenoxy) is 3. The molecule has 0 saturated heterocycles. The van der Waals surface area contributed by atoms with Gasteiger partial charge in [0.25, 0.3) is 0 Å². The minimum absolute atomic E-state index is 0.319. The molecule has 1 N–H and O–H groups in total. The zero-order valence-electron chi connectivity index (χ0n) is 12.9. The highest BCUT2D eigenvalue weighted by molar-refractivity contribution is 7.13. The van der Waals surface area contributed by atoms with Crippen molar-refractivity contribution >= 4 is 23.4 Å². The topological polar surface area (TPSA) is 73.9 Å². The minimum atomic E-state index is -0.798. The van der Waals surface area contributed by atoms with Gasteiger partial charge in [-0.2, -0.15) is 0 Å². The number of thiophene rings is 1. The Morgan fingerprint density at radius 2 is 1.95 bits per heavy atom. The molecule has 1 heterocycles. The van der Waals surface area contributed by atoms with Crippen molar-refractivity contribution in [1.82, 2.24) is 5.32 Å². The second-order valence-electron chi connectivity index (χ2n) is 5.35. The fraction of sp³-hybridized carbons (Fsp3) is 0.571. The molecule has 1 aromatic rings. The van der Waals surface area contributed by atoms with Gasteiger partial charge in [-0.1, -0.05) is 0 Å². The molecule has 0 saturated carbocycles. The average Bonchev–Trinajstić information content (AvgIpc) is 2.82. The molecule has 0 spiro atoms.